The standard InChI is InChI=1S/C23H20BrN3O2S/c24-18-10-6-9-17(15-18)21(28)27-23(30)26-20-12-5-4-11-19(20)22(29)25-14-13-16-7-2-1-3-8-16/h1-12,15H,13-14H2,(H,25,29)(H2,26,27,28,30). The Labute approximate surface area is 189 Å². The number of nitrogens with one attached hydrogen (secondary N) is 3. The van der Waals surface area contributed by atoms with Gasteiger partial charge in [-0.15, -0.1) is 0 Å². The molecule has 0 heterocycles. The Morgan fingerprint density at radius 3 is 2.37 bits per heavy atom. The van der Waals surface area contributed by atoms with Crippen LogP contribution in [0.2, 0.25) is 0 Å². The third-order valence-corrected chi connectivity index (χ3v) is 4.97. The molecular formula is C23H20BrN3O2S. The molecule has 30 heavy (non-hydrogen) atoms. The second-order valence-electron chi connectivity index (χ2n) is 6.46. The first-order valence-electron chi connectivity index (χ1n) is 9.32. The van der Waals surface area contributed by atoms with E-state index >= 15 is 0 Å². The van der Waals surface area contributed by atoms with E-state index in [1.807, 2.05) is 36.4 Å². The van der Waals surface area contributed by atoms with Crippen molar-refractivity contribution in [2.45, 2.75) is 6.42 Å². The topological polar surface area (TPSA) is 70.2 Å². The Hall–Kier alpha value is -3.03. The molecule has 3 N–H and O–H groups in total. The summed E-state index contributed by atoms with van der Waals surface area (Å²) in [5, 5.41) is 8.61. The molecule has 3 rings (SSSR count). The fraction of sp³-hybridized carbons (Fsp3) is 0.0870. The molecule has 0 bridgehead atoms. The number of hydrogen-bond donors (Lipinski definition) is 3. The lowest BCUT2D eigenvalue weighted by Crippen LogP contribution is -2.35. The highest BCUT2D eigenvalue weighted by Gasteiger charge is 2.13. The third kappa shape index (κ3) is 6.23. The van der Waals surface area contributed by atoms with E-state index in [0.717, 1.165) is 16.5 Å². The average Bonchev–Trinajstić information content (AvgIpc) is 2.74. The number of halogens is 1. The van der Waals surface area contributed by atoms with E-state index < -0.39 is 0 Å². The van der Waals surface area contributed by atoms with E-state index in [4.69, 9.17) is 12.2 Å². The average molecular weight is 482 g/mol. The van der Waals surface area contributed by atoms with Gasteiger partial charge in [-0.3, -0.25) is 14.9 Å². The largest absolute Gasteiger partial charge is 0.352 e. The number of thiocarbonyl (C=S) groups is 1. The van der Waals surface area contributed by atoms with Crippen LogP contribution in [-0.2, 0) is 6.42 Å². The van der Waals surface area contributed by atoms with Gasteiger partial charge >= 0.3 is 0 Å². The van der Waals surface area contributed by atoms with Gasteiger partial charge in [0.15, 0.2) is 5.11 Å². The molecule has 0 spiro atoms. The second-order valence-corrected chi connectivity index (χ2v) is 7.78. The Bertz CT molecular complexity index is 1060. The van der Waals surface area contributed by atoms with Crippen molar-refractivity contribution in [3.05, 3.63) is 100 Å². The summed E-state index contributed by atoms with van der Waals surface area (Å²) in [6, 6.07) is 24.0. The van der Waals surface area contributed by atoms with Gasteiger partial charge in [0, 0.05) is 16.6 Å². The van der Waals surface area contributed by atoms with Crippen molar-refractivity contribution in [2.24, 2.45) is 0 Å². The number of amides is 2. The predicted molar refractivity (Wildman–Crippen MR) is 127 cm³/mol. The van der Waals surface area contributed by atoms with E-state index in [2.05, 4.69) is 31.9 Å². The molecule has 0 saturated carbocycles. The summed E-state index contributed by atoms with van der Waals surface area (Å²) in [6.45, 7) is 0.515. The van der Waals surface area contributed by atoms with Gasteiger partial charge in [-0.1, -0.05) is 64.5 Å². The van der Waals surface area contributed by atoms with Crippen molar-refractivity contribution in [3.8, 4) is 0 Å². The zero-order chi connectivity index (χ0) is 21.3. The number of carbonyl (C=O) groups excluding carboxylic acids is 2. The van der Waals surface area contributed by atoms with Gasteiger partial charge in [-0.2, -0.15) is 0 Å². The summed E-state index contributed by atoms with van der Waals surface area (Å²) in [4.78, 5) is 25.0. The van der Waals surface area contributed by atoms with Crippen LogP contribution in [0.3, 0.4) is 0 Å². The van der Waals surface area contributed by atoms with Gasteiger partial charge in [0.25, 0.3) is 11.8 Å². The lowest BCUT2D eigenvalue weighted by Gasteiger charge is -2.14. The Morgan fingerprint density at radius 2 is 1.60 bits per heavy atom. The normalized spacial score (nSPS) is 10.2. The van der Waals surface area contributed by atoms with Crippen LogP contribution >= 0.6 is 28.1 Å². The molecule has 0 radical (unpaired) electrons. The summed E-state index contributed by atoms with van der Waals surface area (Å²) >= 11 is 8.59. The van der Waals surface area contributed by atoms with Crippen LogP contribution in [0.1, 0.15) is 26.3 Å². The quantitative estimate of drug-likeness (QED) is 0.451. The number of benzene rings is 3. The summed E-state index contributed by atoms with van der Waals surface area (Å²) in [5.74, 6) is -0.547. The number of hydrogen-bond acceptors (Lipinski definition) is 3. The van der Waals surface area contributed by atoms with Gasteiger partial charge in [-0.05, 0) is 54.5 Å². The maximum absolute atomic E-state index is 12.6. The maximum atomic E-state index is 12.6. The zero-order valence-electron chi connectivity index (χ0n) is 16.0. The van der Waals surface area contributed by atoms with E-state index in [-0.39, 0.29) is 16.9 Å². The van der Waals surface area contributed by atoms with Crippen molar-refractivity contribution < 1.29 is 9.59 Å². The molecule has 7 heteroatoms. The molecular weight excluding hydrogens is 462 g/mol. The second kappa shape index (κ2) is 10.7. The summed E-state index contributed by atoms with van der Waals surface area (Å²) in [7, 11) is 0. The lowest BCUT2D eigenvalue weighted by atomic mass is 10.1. The van der Waals surface area contributed by atoms with Crippen molar-refractivity contribution in [3.63, 3.8) is 0 Å². The van der Waals surface area contributed by atoms with Crippen molar-refractivity contribution in [2.75, 3.05) is 11.9 Å². The molecule has 3 aromatic rings. The van der Waals surface area contributed by atoms with Crippen LogP contribution in [-0.4, -0.2) is 23.5 Å². The molecule has 0 aliphatic heterocycles. The van der Waals surface area contributed by atoms with E-state index in [1.54, 1.807) is 42.5 Å². The van der Waals surface area contributed by atoms with Gasteiger partial charge in [-0.25, -0.2) is 0 Å². The Morgan fingerprint density at radius 1 is 0.867 bits per heavy atom. The number of carbonyl (C=O) groups is 2. The van der Waals surface area contributed by atoms with Gasteiger partial charge in [0.05, 0.1) is 11.3 Å². The first-order valence-corrected chi connectivity index (χ1v) is 10.5. The molecule has 0 aromatic heterocycles. The fourth-order valence-corrected chi connectivity index (χ4v) is 3.41. The number of rotatable bonds is 6. The highest BCUT2D eigenvalue weighted by atomic mass is 79.9. The van der Waals surface area contributed by atoms with Crippen LogP contribution in [0.25, 0.3) is 0 Å². The summed E-state index contributed by atoms with van der Waals surface area (Å²) < 4.78 is 0.798. The molecule has 3 aromatic carbocycles. The van der Waals surface area contributed by atoms with E-state index in [1.165, 1.54) is 0 Å². The Kier molecular flexibility index (Phi) is 7.70. The van der Waals surface area contributed by atoms with Crippen LogP contribution in [0.4, 0.5) is 5.69 Å². The molecule has 0 aliphatic rings. The Balaban J connectivity index is 1.59. The van der Waals surface area contributed by atoms with Gasteiger partial charge < -0.3 is 10.6 Å². The molecule has 0 saturated heterocycles. The van der Waals surface area contributed by atoms with Crippen molar-refractivity contribution in [1.29, 1.82) is 0 Å². The SMILES string of the molecule is O=C(NC(=S)Nc1ccccc1C(=O)NCCc1ccccc1)c1cccc(Br)c1. The fourth-order valence-electron chi connectivity index (χ4n) is 2.81. The van der Waals surface area contributed by atoms with Crippen LogP contribution in [0, 0.1) is 0 Å². The molecule has 0 fully saturated rings. The molecule has 0 atom stereocenters. The highest BCUT2D eigenvalue weighted by Crippen LogP contribution is 2.15. The third-order valence-electron chi connectivity index (χ3n) is 4.28. The van der Waals surface area contributed by atoms with Crippen LogP contribution < -0.4 is 16.0 Å². The first-order chi connectivity index (χ1) is 14.5. The zero-order valence-corrected chi connectivity index (χ0v) is 18.4. The molecule has 0 aliphatic carbocycles. The lowest BCUT2D eigenvalue weighted by molar-refractivity contribution is 0.0953. The maximum Gasteiger partial charge on any atom is 0.257 e. The van der Waals surface area contributed by atoms with Gasteiger partial charge in [0.1, 0.15) is 0 Å². The minimum atomic E-state index is -0.335. The molecule has 2 amide bonds. The first kappa shape index (κ1) is 21.7. The van der Waals surface area contributed by atoms with Gasteiger partial charge in [0.2, 0.25) is 0 Å². The monoisotopic (exact) mass is 481 g/mol. The highest BCUT2D eigenvalue weighted by molar-refractivity contribution is 9.10. The molecule has 0 unspecified atom stereocenters. The van der Waals surface area contributed by atoms with E-state index in [9.17, 15) is 9.59 Å². The molecule has 152 valence electrons. The minimum absolute atomic E-state index is 0.115. The summed E-state index contributed by atoms with van der Waals surface area (Å²) in [6.07, 6.45) is 0.739. The van der Waals surface area contributed by atoms with Crippen LogP contribution in [0.5, 0.6) is 0 Å². The predicted octanol–water partition coefficient (Wildman–Crippen LogP) is 4.55. The number of anilines is 1. The number of para-hydroxylation sites is 1. The summed E-state index contributed by atoms with van der Waals surface area (Å²) in [5.41, 5.74) is 2.60. The smallest absolute Gasteiger partial charge is 0.257 e. The van der Waals surface area contributed by atoms with E-state index in [0.29, 0.717) is 23.4 Å². The van der Waals surface area contributed by atoms with Crippen molar-refractivity contribution in [1.82, 2.24) is 10.6 Å². The molecule has 5 nitrogen and oxygen atoms in total. The minimum Gasteiger partial charge on any atom is -0.352 e. The van der Waals surface area contributed by atoms with Crippen molar-refractivity contribution >= 4 is 50.8 Å². The van der Waals surface area contributed by atoms with Crippen LogP contribution in [0.15, 0.2) is 83.3 Å².